The third-order valence-corrected chi connectivity index (χ3v) is 1.54. The molecule has 1 unspecified atom stereocenters. The van der Waals surface area contributed by atoms with Gasteiger partial charge in [0, 0.05) is 7.11 Å². The van der Waals surface area contributed by atoms with E-state index < -0.39 is 31.5 Å². The Labute approximate surface area is 76.3 Å². The van der Waals surface area contributed by atoms with Crippen LogP contribution in [0.4, 0.5) is 0 Å². The zero-order chi connectivity index (χ0) is 10.3. The van der Waals surface area contributed by atoms with Crippen LogP contribution < -0.4 is 0 Å². The summed E-state index contributed by atoms with van der Waals surface area (Å²) in [6.45, 7) is -1.14. The third kappa shape index (κ3) is 4.51. The van der Waals surface area contributed by atoms with E-state index in [-0.39, 0.29) is 6.79 Å². The van der Waals surface area contributed by atoms with Crippen molar-refractivity contribution in [3.05, 3.63) is 0 Å². The van der Waals surface area contributed by atoms with Crippen LogP contribution in [-0.2, 0) is 9.47 Å². The molecule has 0 amide bonds. The molecule has 0 saturated carbocycles. The molecule has 6 nitrogen and oxygen atoms in total. The summed E-state index contributed by atoms with van der Waals surface area (Å²) in [6, 6.07) is 0. The Morgan fingerprint density at radius 1 is 1.15 bits per heavy atom. The number of aliphatic hydroxyl groups excluding tert-OH is 4. The van der Waals surface area contributed by atoms with Gasteiger partial charge in [0.2, 0.25) is 0 Å². The lowest BCUT2D eigenvalue weighted by molar-refractivity contribution is -0.155. The fourth-order valence-corrected chi connectivity index (χ4v) is 0.771. The maximum atomic E-state index is 9.25. The SMILES string of the molecule is COCOC(CO)[C@@H](O)[C@@H](O)CO. The van der Waals surface area contributed by atoms with E-state index in [2.05, 4.69) is 4.74 Å². The molecule has 13 heavy (non-hydrogen) atoms. The first-order chi connectivity index (χ1) is 6.17. The molecule has 0 saturated heterocycles. The predicted molar refractivity (Wildman–Crippen MR) is 42.9 cm³/mol. The van der Waals surface area contributed by atoms with Gasteiger partial charge in [0.1, 0.15) is 25.1 Å². The first-order valence-electron chi connectivity index (χ1n) is 3.85. The zero-order valence-corrected chi connectivity index (χ0v) is 7.46. The minimum absolute atomic E-state index is 0.0968. The van der Waals surface area contributed by atoms with Crippen LogP contribution in [0.15, 0.2) is 0 Å². The molecule has 0 rings (SSSR count). The Morgan fingerprint density at radius 2 is 1.77 bits per heavy atom. The summed E-state index contributed by atoms with van der Waals surface area (Å²) in [5.74, 6) is 0. The second kappa shape index (κ2) is 7.19. The van der Waals surface area contributed by atoms with Gasteiger partial charge in [-0.05, 0) is 0 Å². The number of aliphatic hydroxyl groups is 4. The topological polar surface area (TPSA) is 99.4 Å². The van der Waals surface area contributed by atoms with Crippen molar-refractivity contribution in [2.24, 2.45) is 0 Å². The van der Waals surface area contributed by atoms with Crippen molar-refractivity contribution in [3.63, 3.8) is 0 Å². The van der Waals surface area contributed by atoms with Gasteiger partial charge < -0.3 is 29.9 Å². The van der Waals surface area contributed by atoms with E-state index in [0.29, 0.717) is 0 Å². The molecule has 4 N–H and O–H groups in total. The van der Waals surface area contributed by atoms with Crippen LogP contribution in [0.5, 0.6) is 0 Å². The minimum Gasteiger partial charge on any atom is -0.394 e. The van der Waals surface area contributed by atoms with Crippen molar-refractivity contribution in [3.8, 4) is 0 Å². The first-order valence-corrected chi connectivity index (χ1v) is 3.85. The van der Waals surface area contributed by atoms with Gasteiger partial charge in [-0.25, -0.2) is 0 Å². The smallest absolute Gasteiger partial charge is 0.146 e. The number of ether oxygens (including phenoxy) is 2. The molecule has 0 spiro atoms. The molecule has 0 aliphatic carbocycles. The van der Waals surface area contributed by atoms with Crippen LogP contribution in [0, 0.1) is 0 Å². The van der Waals surface area contributed by atoms with Crippen LogP contribution in [-0.4, -0.2) is 65.9 Å². The molecule has 0 aromatic carbocycles. The van der Waals surface area contributed by atoms with Crippen molar-refractivity contribution in [2.45, 2.75) is 18.3 Å². The molecule has 0 bridgehead atoms. The van der Waals surface area contributed by atoms with Gasteiger partial charge in [-0.15, -0.1) is 0 Å². The maximum Gasteiger partial charge on any atom is 0.146 e. The monoisotopic (exact) mass is 196 g/mol. The summed E-state index contributed by atoms with van der Waals surface area (Å²) in [7, 11) is 1.39. The van der Waals surface area contributed by atoms with Crippen molar-refractivity contribution in [2.75, 3.05) is 27.1 Å². The number of methoxy groups -OCH3 is 1. The summed E-state index contributed by atoms with van der Waals surface area (Å²) in [5, 5.41) is 35.5. The molecule has 0 fully saturated rings. The highest BCUT2D eigenvalue weighted by Crippen LogP contribution is 2.03. The van der Waals surface area contributed by atoms with E-state index in [1.807, 2.05) is 0 Å². The summed E-state index contributed by atoms with van der Waals surface area (Å²) >= 11 is 0. The lowest BCUT2D eigenvalue weighted by atomic mass is 10.1. The molecule has 0 aliphatic heterocycles. The van der Waals surface area contributed by atoms with Gasteiger partial charge in [0.15, 0.2) is 0 Å². The summed E-state index contributed by atoms with van der Waals surface area (Å²) in [5.41, 5.74) is 0. The van der Waals surface area contributed by atoms with Crippen LogP contribution in [0.3, 0.4) is 0 Å². The predicted octanol–water partition coefficient (Wildman–Crippen LogP) is -2.32. The molecule has 0 aromatic rings. The lowest BCUT2D eigenvalue weighted by Crippen LogP contribution is -2.43. The molecule has 0 aliphatic rings. The number of hydrogen-bond acceptors (Lipinski definition) is 6. The third-order valence-electron chi connectivity index (χ3n) is 1.54. The van der Waals surface area contributed by atoms with Gasteiger partial charge >= 0.3 is 0 Å². The van der Waals surface area contributed by atoms with Crippen LogP contribution in [0.1, 0.15) is 0 Å². The number of hydrogen-bond donors (Lipinski definition) is 4. The Hall–Kier alpha value is -0.240. The quantitative estimate of drug-likeness (QED) is 0.341. The van der Waals surface area contributed by atoms with Crippen LogP contribution in [0.2, 0.25) is 0 Å². The standard InChI is InChI=1S/C7H16O6/c1-12-4-13-6(3-9)7(11)5(10)2-8/h5-11H,2-4H2,1H3/t5-,6?,7-/m0/s1. The van der Waals surface area contributed by atoms with Gasteiger partial charge in [-0.1, -0.05) is 0 Å². The maximum absolute atomic E-state index is 9.25. The largest absolute Gasteiger partial charge is 0.394 e. The Bertz CT molecular complexity index is 120. The van der Waals surface area contributed by atoms with E-state index in [1.54, 1.807) is 0 Å². The van der Waals surface area contributed by atoms with Crippen molar-refractivity contribution >= 4 is 0 Å². The van der Waals surface area contributed by atoms with E-state index in [0.717, 1.165) is 0 Å². The van der Waals surface area contributed by atoms with E-state index in [1.165, 1.54) is 7.11 Å². The molecule has 0 heterocycles. The minimum atomic E-state index is -1.33. The van der Waals surface area contributed by atoms with E-state index in [4.69, 9.17) is 20.1 Å². The average Bonchev–Trinajstić information content (AvgIpc) is 2.17. The highest BCUT2D eigenvalue weighted by Gasteiger charge is 2.25. The second-order valence-electron chi connectivity index (χ2n) is 2.53. The fraction of sp³-hybridized carbons (Fsp3) is 1.00. The highest BCUT2D eigenvalue weighted by atomic mass is 16.7. The second-order valence-corrected chi connectivity index (χ2v) is 2.53. The van der Waals surface area contributed by atoms with E-state index in [9.17, 15) is 5.11 Å². The van der Waals surface area contributed by atoms with Gasteiger partial charge in [0.05, 0.1) is 13.2 Å². The Balaban J connectivity index is 3.90. The van der Waals surface area contributed by atoms with Crippen LogP contribution in [0.25, 0.3) is 0 Å². The summed E-state index contributed by atoms with van der Waals surface area (Å²) in [4.78, 5) is 0. The van der Waals surface area contributed by atoms with Gasteiger partial charge in [-0.3, -0.25) is 0 Å². The molecule has 6 heteroatoms. The van der Waals surface area contributed by atoms with Crippen molar-refractivity contribution in [1.29, 1.82) is 0 Å². The Morgan fingerprint density at radius 3 is 2.15 bits per heavy atom. The number of rotatable bonds is 7. The molecule has 0 radical (unpaired) electrons. The first kappa shape index (κ1) is 12.8. The van der Waals surface area contributed by atoms with E-state index >= 15 is 0 Å². The molecule has 3 atom stereocenters. The molecule has 80 valence electrons. The molecular weight excluding hydrogens is 180 g/mol. The molecule has 0 aromatic heterocycles. The normalized spacial score (nSPS) is 18.2. The summed E-state index contributed by atoms with van der Waals surface area (Å²) < 4.78 is 9.38. The van der Waals surface area contributed by atoms with Crippen molar-refractivity contribution < 1.29 is 29.9 Å². The lowest BCUT2D eigenvalue weighted by Gasteiger charge is -2.23. The van der Waals surface area contributed by atoms with Crippen LogP contribution >= 0.6 is 0 Å². The van der Waals surface area contributed by atoms with Gasteiger partial charge in [0.25, 0.3) is 0 Å². The fourth-order valence-electron chi connectivity index (χ4n) is 0.771. The zero-order valence-electron chi connectivity index (χ0n) is 7.46. The van der Waals surface area contributed by atoms with Gasteiger partial charge in [-0.2, -0.15) is 0 Å². The Kier molecular flexibility index (Phi) is 7.06. The van der Waals surface area contributed by atoms with Crippen molar-refractivity contribution in [1.82, 2.24) is 0 Å². The average molecular weight is 196 g/mol. The summed E-state index contributed by atoms with van der Waals surface area (Å²) in [6.07, 6.45) is -3.61. The molecular formula is C7H16O6. The highest BCUT2D eigenvalue weighted by molar-refractivity contribution is 4.75.